The molecule has 8 heteroatoms. The van der Waals surface area contributed by atoms with Gasteiger partial charge in [0.1, 0.15) is 10.6 Å². The van der Waals surface area contributed by atoms with Gasteiger partial charge in [-0.25, -0.2) is 4.79 Å². The average molecular weight is 212 g/mol. The molecule has 1 heterocycles. The molecule has 0 fully saturated rings. The molecule has 0 aliphatic heterocycles. The number of nitrogens with zero attached hydrogens (tertiary/aromatic N) is 1. The van der Waals surface area contributed by atoms with Crippen molar-refractivity contribution in [3.63, 3.8) is 0 Å². The van der Waals surface area contributed by atoms with Gasteiger partial charge in [0.2, 0.25) is 0 Å². The second-order valence-corrected chi connectivity index (χ2v) is 2.88. The standard InChI is InChI=1S/C5H3F3N2O2S/c6-5(7,8)2-1(4(11)12)3(9)13-10-2/h9H2,(H,11,12). The number of hydrogen-bond acceptors (Lipinski definition) is 4. The van der Waals surface area contributed by atoms with E-state index >= 15 is 0 Å². The quantitative estimate of drug-likeness (QED) is 0.738. The molecular weight excluding hydrogens is 209 g/mol. The smallest absolute Gasteiger partial charge is 0.435 e. The minimum Gasteiger partial charge on any atom is -0.478 e. The van der Waals surface area contributed by atoms with Crippen LogP contribution in [0.15, 0.2) is 0 Å². The molecule has 0 spiro atoms. The Labute approximate surface area is 74.0 Å². The maximum Gasteiger partial charge on any atom is 0.435 e. The van der Waals surface area contributed by atoms with Crippen molar-refractivity contribution in [2.75, 3.05) is 5.73 Å². The Hall–Kier alpha value is -1.31. The highest BCUT2D eigenvalue weighted by molar-refractivity contribution is 7.10. The normalized spacial score (nSPS) is 11.6. The number of rotatable bonds is 1. The summed E-state index contributed by atoms with van der Waals surface area (Å²) < 4.78 is 39.1. The van der Waals surface area contributed by atoms with E-state index in [0.29, 0.717) is 11.5 Å². The number of aromatic carboxylic acids is 1. The third kappa shape index (κ3) is 1.72. The van der Waals surface area contributed by atoms with E-state index in [4.69, 9.17) is 10.8 Å². The van der Waals surface area contributed by atoms with Crippen molar-refractivity contribution < 1.29 is 23.1 Å². The molecule has 0 saturated carbocycles. The first-order valence-corrected chi connectivity index (χ1v) is 3.67. The van der Waals surface area contributed by atoms with Gasteiger partial charge in [-0.2, -0.15) is 17.5 Å². The van der Waals surface area contributed by atoms with E-state index in [1.807, 2.05) is 0 Å². The predicted octanol–water partition coefficient (Wildman–Crippen LogP) is 1.44. The van der Waals surface area contributed by atoms with E-state index in [1.54, 1.807) is 0 Å². The number of halogens is 3. The molecule has 4 nitrogen and oxygen atoms in total. The molecule has 13 heavy (non-hydrogen) atoms. The van der Waals surface area contributed by atoms with Crippen LogP contribution in [0.1, 0.15) is 16.1 Å². The van der Waals surface area contributed by atoms with Crippen LogP contribution in [0.25, 0.3) is 0 Å². The largest absolute Gasteiger partial charge is 0.478 e. The zero-order chi connectivity index (χ0) is 10.2. The van der Waals surface area contributed by atoms with Gasteiger partial charge in [-0.15, -0.1) is 0 Å². The van der Waals surface area contributed by atoms with Crippen LogP contribution < -0.4 is 5.73 Å². The van der Waals surface area contributed by atoms with Gasteiger partial charge < -0.3 is 10.8 Å². The van der Waals surface area contributed by atoms with Crippen molar-refractivity contribution in [1.82, 2.24) is 4.37 Å². The highest BCUT2D eigenvalue weighted by atomic mass is 32.1. The minimum absolute atomic E-state index is 0.313. The zero-order valence-electron chi connectivity index (χ0n) is 5.92. The number of hydrogen-bond donors (Lipinski definition) is 2. The highest BCUT2D eigenvalue weighted by Gasteiger charge is 2.39. The maximum absolute atomic E-state index is 12.0. The van der Waals surface area contributed by atoms with Gasteiger partial charge in [-0.05, 0) is 11.5 Å². The molecule has 0 amide bonds. The van der Waals surface area contributed by atoms with Gasteiger partial charge in [0.05, 0.1) is 0 Å². The predicted molar refractivity (Wildman–Crippen MR) is 38.5 cm³/mol. The van der Waals surface area contributed by atoms with Crippen LogP contribution in [0.2, 0.25) is 0 Å². The number of carboxylic acids is 1. The highest BCUT2D eigenvalue weighted by Crippen LogP contribution is 2.35. The minimum atomic E-state index is -4.78. The molecule has 0 saturated heterocycles. The molecule has 0 aromatic carbocycles. The lowest BCUT2D eigenvalue weighted by Gasteiger charge is -2.02. The molecule has 0 aliphatic carbocycles. The fourth-order valence-electron chi connectivity index (χ4n) is 0.703. The molecule has 1 rings (SSSR count). The average Bonchev–Trinajstić information content (AvgIpc) is 2.28. The zero-order valence-corrected chi connectivity index (χ0v) is 6.74. The van der Waals surface area contributed by atoms with Crippen molar-refractivity contribution >= 4 is 22.5 Å². The van der Waals surface area contributed by atoms with E-state index in [2.05, 4.69) is 4.37 Å². The number of carbonyl (C=O) groups is 1. The number of nitrogens with two attached hydrogens (primary N) is 1. The first-order chi connectivity index (χ1) is 5.84. The lowest BCUT2D eigenvalue weighted by Crippen LogP contribution is -2.12. The Morgan fingerprint density at radius 2 is 2.08 bits per heavy atom. The summed E-state index contributed by atoms with van der Waals surface area (Å²) in [6.45, 7) is 0. The maximum atomic E-state index is 12.0. The third-order valence-corrected chi connectivity index (χ3v) is 1.88. The Balaban J connectivity index is 3.31. The number of nitrogen functional groups attached to an aromatic ring is 1. The summed E-state index contributed by atoms with van der Waals surface area (Å²) in [4.78, 5) is 10.3. The van der Waals surface area contributed by atoms with Crippen LogP contribution in [-0.4, -0.2) is 15.4 Å². The summed E-state index contributed by atoms with van der Waals surface area (Å²) >= 11 is 0.313. The van der Waals surface area contributed by atoms with Crippen molar-refractivity contribution in [2.24, 2.45) is 0 Å². The molecule has 72 valence electrons. The van der Waals surface area contributed by atoms with Crippen LogP contribution in [-0.2, 0) is 6.18 Å². The summed E-state index contributed by atoms with van der Waals surface area (Å²) in [7, 11) is 0. The van der Waals surface area contributed by atoms with Gasteiger partial charge in [0, 0.05) is 0 Å². The van der Waals surface area contributed by atoms with Crippen LogP contribution in [0.5, 0.6) is 0 Å². The molecule has 0 atom stereocenters. The van der Waals surface area contributed by atoms with E-state index in [9.17, 15) is 18.0 Å². The van der Waals surface area contributed by atoms with Gasteiger partial charge >= 0.3 is 12.1 Å². The summed E-state index contributed by atoms with van der Waals surface area (Å²) in [6, 6.07) is 0. The summed E-state index contributed by atoms with van der Waals surface area (Å²) in [5, 5.41) is 7.94. The van der Waals surface area contributed by atoms with Crippen LogP contribution in [0.4, 0.5) is 18.2 Å². The Bertz CT molecular complexity index is 346. The summed E-state index contributed by atoms with van der Waals surface area (Å²) in [5.41, 5.74) is 2.60. The van der Waals surface area contributed by atoms with Gasteiger partial charge in [0.15, 0.2) is 5.69 Å². The molecular formula is C5H3F3N2O2S. The van der Waals surface area contributed by atoms with E-state index < -0.39 is 28.4 Å². The van der Waals surface area contributed by atoms with E-state index in [-0.39, 0.29) is 0 Å². The first-order valence-electron chi connectivity index (χ1n) is 2.89. The molecule has 0 bridgehead atoms. The van der Waals surface area contributed by atoms with Crippen LogP contribution in [0.3, 0.4) is 0 Å². The number of aromatic nitrogens is 1. The lowest BCUT2D eigenvalue weighted by atomic mass is 10.2. The lowest BCUT2D eigenvalue weighted by molar-refractivity contribution is -0.140. The number of alkyl halides is 3. The number of carboxylic acid groups (broad SMARTS) is 1. The van der Waals surface area contributed by atoms with Crippen LogP contribution >= 0.6 is 11.5 Å². The molecule has 0 aliphatic rings. The first kappa shape index (κ1) is 9.78. The van der Waals surface area contributed by atoms with Gasteiger partial charge in [-0.1, -0.05) is 0 Å². The molecule has 0 unspecified atom stereocenters. The second-order valence-electron chi connectivity index (χ2n) is 2.07. The second kappa shape index (κ2) is 2.87. The van der Waals surface area contributed by atoms with Gasteiger partial charge in [-0.3, -0.25) is 0 Å². The number of anilines is 1. The summed E-state index contributed by atoms with van der Waals surface area (Å²) in [6.07, 6.45) is -4.78. The van der Waals surface area contributed by atoms with Crippen molar-refractivity contribution in [3.8, 4) is 0 Å². The third-order valence-electron chi connectivity index (χ3n) is 1.20. The fraction of sp³-hybridized carbons (Fsp3) is 0.200. The van der Waals surface area contributed by atoms with Crippen molar-refractivity contribution in [2.45, 2.75) is 6.18 Å². The Kier molecular flexibility index (Phi) is 2.16. The molecule has 1 aromatic heterocycles. The van der Waals surface area contributed by atoms with E-state index in [1.165, 1.54) is 0 Å². The monoisotopic (exact) mass is 212 g/mol. The SMILES string of the molecule is Nc1snc(C(F)(F)F)c1C(=O)O. The van der Waals surface area contributed by atoms with Gasteiger partial charge in [0.25, 0.3) is 0 Å². The molecule has 3 N–H and O–H groups in total. The summed E-state index contributed by atoms with van der Waals surface area (Å²) in [5.74, 6) is -1.72. The van der Waals surface area contributed by atoms with Crippen LogP contribution in [0, 0.1) is 0 Å². The Morgan fingerprint density at radius 1 is 1.54 bits per heavy atom. The molecule has 0 radical (unpaired) electrons. The molecule has 1 aromatic rings. The fourth-order valence-corrected chi connectivity index (χ4v) is 1.36. The van der Waals surface area contributed by atoms with E-state index in [0.717, 1.165) is 0 Å². The van der Waals surface area contributed by atoms with Crippen molar-refractivity contribution in [3.05, 3.63) is 11.3 Å². The Morgan fingerprint density at radius 3 is 2.38 bits per heavy atom. The van der Waals surface area contributed by atoms with Crippen molar-refractivity contribution in [1.29, 1.82) is 0 Å². The topological polar surface area (TPSA) is 76.2 Å².